The first-order chi connectivity index (χ1) is 6.36. The highest BCUT2D eigenvalue weighted by Gasteiger charge is 2.14. The van der Waals surface area contributed by atoms with E-state index in [0.717, 1.165) is 17.6 Å². The maximum Gasteiger partial charge on any atom is 0.0604 e. The lowest BCUT2D eigenvalue weighted by atomic mass is 10.0. The van der Waals surface area contributed by atoms with Crippen molar-refractivity contribution in [1.82, 2.24) is 10.3 Å². The van der Waals surface area contributed by atoms with Crippen molar-refractivity contribution in [2.24, 2.45) is 0 Å². The molecule has 1 aromatic heterocycles. The van der Waals surface area contributed by atoms with Crippen LogP contribution in [-0.4, -0.2) is 4.98 Å². The summed E-state index contributed by atoms with van der Waals surface area (Å²) in [5, 5.41) is 4.77. The minimum Gasteiger partial charge on any atom is -0.360 e. The first-order valence-corrected chi connectivity index (χ1v) is 5.13. The molecule has 2 N–H and O–H groups in total. The van der Waals surface area contributed by atoms with E-state index in [9.17, 15) is 0 Å². The lowest BCUT2D eigenvalue weighted by Gasteiger charge is -2.13. The van der Waals surface area contributed by atoms with Crippen molar-refractivity contribution in [3.05, 3.63) is 33.9 Å². The molecule has 0 saturated heterocycles. The van der Waals surface area contributed by atoms with Crippen molar-refractivity contribution >= 4 is 26.8 Å². The summed E-state index contributed by atoms with van der Waals surface area (Å²) in [6, 6.07) is 4.28. The van der Waals surface area contributed by atoms with Crippen LogP contribution in [0.4, 0.5) is 0 Å². The topological polar surface area (TPSA) is 27.8 Å². The van der Waals surface area contributed by atoms with Crippen LogP contribution in [0.25, 0.3) is 10.9 Å². The van der Waals surface area contributed by atoms with Crippen LogP contribution in [-0.2, 0) is 13.1 Å². The van der Waals surface area contributed by atoms with Gasteiger partial charge < -0.3 is 10.3 Å². The molecule has 2 nitrogen and oxygen atoms in total. The van der Waals surface area contributed by atoms with Crippen LogP contribution in [0, 0.1) is 0 Å². The molecule has 3 rings (SSSR count). The summed E-state index contributed by atoms with van der Waals surface area (Å²) < 4.78 is 1.15. The first kappa shape index (κ1) is 7.59. The average Bonchev–Trinajstić information content (AvgIpc) is 2.57. The van der Waals surface area contributed by atoms with E-state index in [1.54, 1.807) is 0 Å². The molecular formula is C10H9BrN2. The molecule has 1 aliphatic rings. The second-order valence-electron chi connectivity index (χ2n) is 3.37. The predicted molar refractivity (Wildman–Crippen MR) is 56.5 cm³/mol. The summed E-state index contributed by atoms with van der Waals surface area (Å²) in [6.07, 6.45) is 2.09. The molecule has 0 atom stereocenters. The zero-order chi connectivity index (χ0) is 8.84. The monoisotopic (exact) mass is 236 g/mol. The van der Waals surface area contributed by atoms with Gasteiger partial charge in [0.1, 0.15) is 0 Å². The standard InChI is InChI=1S/C10H9BrN2/c11-8-2-1-6-3-12-4-7-5-13-10(8)9(6)7/h1-2,5,12-13H,3-4H2. The largest absolute Gasteiger partial charge is 0.360 e. The quantitative estimate of drug-likeness (QED) is 0.723. The number of hydrogen-bond acceptors (Lipinski definition) is 1. The number of halogens is 1. The van der Waals surface area contributed by atoms with E-state index in [-0.39, 0.29) is 0 Å². The Morgan fingerprint density at radius 2 is 2.00 bits per heavy atom. The Bertz CT molecular complexity index is 473. The maximum atomic E-state index is 3.55. The van der Waals surface area contributed by atoms with Crippen molar-refractivity contribution in [3.63, 3.8) is 0 Å². The second kappa shape index (κ2) is 2.59. The molecule has 0 aliphatic carbocycles. The molecule has 2 heterocycles. The second-order valence-corrected chi connectivity index (χ2v) is 4.23. The highest BCUT2D eigenvalue weighted by molar-refractivity contribution is 9.10. The SMILES string of the molecule is Brc1ccc2c3c(c[nH]c13)CNC2. The molecule has 0 radical (unpaired) electrons. The van der Waals surface area contributed by atoms with Gasteiger partial charge in [0.05, 0.1) is 5.52 Å². The zero-order valence-electron chi connectivity index (χ0n) is 7.02. The summed E-state index contributed by atoms with van der Waals surface area (Å²) in [7, 11) is 0. The summed E-state index contributed by atoms with van der Waals surface area (Å²) in [6.45, 7) is 1.96. The predicted octanol–water partition coefficient (Wildman–Crippen LogP) is 2.53. The lowest BCUT2D eigenvalue weighted by molar-refractivity contribution is 0.684. The molecule has 2 aromatic rings. The van der Waals surface area contributed by atoms with Crippen LogP contribution in [0.3, 0.4) is 0 Å². The Kier molecular flexibility index (Phi) is 1.51. The molecular weight excluding hydrogens is 228 g/mol. The van der Waals surface area contributed by atoms with Crippen LogP contribution >= 0.6 is 15.9 Å². The van der Waals surface area contributed by atoms with Crippen LogP contribution in [0.5, 0.6) is 0 Å². The average molecular weight is 237 g/mol. The van der Waals surface area contributed by atoms with E-state index >= 15 is 0 Å². The van der Waals surface area contributed by atoms with Crippen LogP contribution in [0.1, 0.15) is 11.1 Å². The number of benzene rings is 1. The summed E-state index contributed by atoms with van der Waals surface area (Å²) >= 11 is 3.55. The molecule has 1 aromatic carbocycles. The van der Waals surface area contributed by atoms with Gasteiger partial charge in [0.25, 0.3) is 0 Å². The fourth-order valence-electron chi connectivity index (χ4n) is 1.98. The van der Waals surface area contributed by atoms with Gasteiger partial charge in [-0.3, -0.25) is 0 Å². The molecule has 13 heavy (non-hydrogen) atoms. The number of hydrogen-bond donors (Lipinski definition) is 2. The van der Waals surface area contributed by atoms with Gasteiger partial charge in [-0.2, -0.15) is 0 Å². The van der Waals surface area contributed by atoms with E-state index < -0.39 is 0 Å². The Morgan fingerprint density at radius 3 is 2.92 bits per heavy atom. The van der Waals surface area contributed by atoms with E-state index in [1.807, 2.05) is 0 Å². The van der Waals surface area contributed by atoms with Crippen molar-refractivity contribution in [2.45, 2.75) is 13.1 Å². The third-order valence-corrected chi connectivity index (χ3v) is 3.24. The minimum atomic E-state index is 0.976. The van der Waals surface area contributed by atoms with Gasteiger partial charge in [-0.25, -0.2) is 0 Å². The minimum absolute atomic E-state index is 0.976. The Hall–Kier alpha value is -0.800. The summed E-state index contributed by atoms with van der Waals surface area (Å²) in [5.41, 5.74) is 3.99. The van der Waals surface area contributed by atoms with Gasteiger partial charge in [-0.15, -0.1) is 0 Å². The lowest BCUT2D eigenvalue weighted by Crippen LogP contribution is -2.16. The van der Waals surface area contributed by atoms with Gasteiger partial charge in [-0.05, 0) is 33.1 Å². The van der Waals surface area contributed by atoms with E-state index in [4.69, 9.17) is 0 Å². The highest BCUT2D eigenvalue weighted by atomic mass is 79.9. The van der Waals surface area contributed by atoms with Crippen molar-refractivity contribution < 1.29 is 0 Å². The summed E-state index contributed by atoms with van der Waals surface area (Å²) in [5.74, 6) is 0. The fraction of sp³-hybridized carbons (Fsp3) is 0.200. The summed E-state index contributed by atoms with van der Waals surface area (Å²) in [4.78, 5) is 3.30. The van der Waals surface area contributed by atoms with E-state index in [0.29, 0.717) is 0 Å². The molecule has 0 unspecified atom stereocenters. The Labute approximate surface area is 84.5 Å². The smallest absolute Gasteiger partial charge is 0.0604 e. The first-order valence-electron chi connectivity index (χ1n) is 4.34. The zero-order valence-corrected chi connectivity index (χ0v) is 8.61. The number of H-pyrrole nitrogens is 1. The molecule has 0 amide bonds. The van der Waals surface area contributed by atoms with Crippen molar-refractivity contribution in [3.8, 4) is 0 Å². The van der Waals surface area contributed by atoms with Crippen molar-refractivity contribution in [2.75, 3.05) is 0 Å². The third kappa shape index (κ3) is 0.974. The molecule has 0 saturated carbocycles. The number of rotatable bonds is 0. The molecule has 3 heteroatoms. The van der Waals surface area contributed by atoms with E-state index in [1.165, 1.54) is 22.0 Å². The van der Waals surface area contributed by atoms with E-state index in [2.05, 4.69) is 44.6 Å². The van der Waals surface area contributed by atoms with Gasteiger partial charge in [0.2, 0.25) is 0 Å². The molecule has 1 aliphatic heterocycles. The van der Waals surface area contributed by atoms with Gasteiger partial charge in [0, 0.05) is 29.1 Å². The molecule has 0 fully saturated rings. The fourth-order valence-corrected chi connectivity index (χ4v) is 2.42. The van der Waals surface area contributed by atoms with Gasteiger partial charge in [0.15, 0.2) is 0 Å². The third-order valence-electron chi connectivity index (χ3n) is 2.58. The van der Waals surface area contributed by atoms with Crippen LogP contribution in [0.2, 0.25) is 0 Å². The number of aromatic amines is 1. The van der Waals surface area contributed by atoms with Crippen LogP contribution in [0.15, 0.2) is 22.8 Å². The molecule has 0 spiro atoms. The Balaban J connectivity index is 2.50. The molecule has 66 valence electrons. The molecule has 0 bridgehead atoms. The number of nitrogens with one attached hydrogen (secondary N) is 2. The van der Waals surface area contributed by atoms with Gasteiger partial charge in [-0.1, -0.05) is 6.07 Å². The maximum absolute atomic E-state index is 3.55. The van der Waals surface area contributed by atoms with Gasteiger partial charge >= 0.3 is 0 Å². The van der Waals surface area contributed by atoms with Crippen LogP contribution < -0.4 is 5.32 Å². The number of aromatic nitrogens is 1. The van der Waals surface area contributed by atoms with Crippen molar-refractivity contribution in [1.29, 1.82) is 0 Å². The normalized spacial score (nSPS) is 15.2. The Morgan fingerprint density at radius 1 is 1.15 bits per heavy atom. The highest BCUT2D eigenvalue weighted by Crippen LogP contribution is 2.30.